The fourth-order valence-corrected chi connectivity index (χ4v) is 1.43. The van der Waals surface area contributed by atoms with Crippen molar-refractivity contribution in [2.75, 3.05) is 6.54 Å². The summed E-state index contributed by atoms with van der Waals surface area (Å²) in [5.74, 6) is 1.50. The van der Waals surface area contributed by atoms with Crippen LogP contribution in [0.3, 0.4) is 0 Å². The van der Waals surface area contributed by atoms with Crippen LogP contribution in [0.4, 0.5) is 0 Å². The van der Waals surface area contributed by atoms with Gasteiger partial charge < -0.3 is 5.32 Å². The molecule has 0 aromatic carbocycles. The van der Waals surface area contributed by atoms with Gasteiger partial charge in [0.1, 0.15) is 5.84 Å². The van der Waals surface area contributed by atoms with Crippen LogP contribution >= 0.6 is 12.8 Å². The lowest BCUT2D eigenvalue weighted by Crippen LogP contribution is -2.59. The van der Waals surface area contributed by atoms with E-state index in [0.717, 1.165) is 12.4 Å². The Morgan fingerprint density at radius 3 is 2.87 bits per heavy atom. The molecule has 6 heteroatoms. The molecule has 0 aromatic rings. The molecule has 0 saturated carbocycles. The van der Waals surface area contributed by atoms with Gasteiger partial charge in [-0.3, -0.25) is 14.6 Å². The molecule has 0 bridgehead atoms. The van der Waals surface area contributed by atoms with E-state index in [4.69, 9.17) is 0 Å². The first kappa shape index (κ1) is 12.3. The van der Waals surface area contributed by atoms with Crippen molar-refractivity contribution in [3.63, 3.8) is 0 Å². The first-order valence-corrected chi connectivity index (χ1v) is 5.55. The monoisotopic (exact) mass is 229 g/mol. The highest BCUT2D eigenvalue weighted by molar-refractivity contribution is 7.78. The van der Waals surface area contributed by atoms with Gasteiger partial charge in [0.05, 0.1) is 0 Å². The zero-order chi connectivity index (χ0) is 11.4. The van der Waals surface area contributed by atoms with E-state index in [0.29, 0.717) is 12.0 Å². The fourth-order valence-electron chi connectivity index (χ4n) is 1.27. The molecule has 1 unspecified atom stereocenters. The summed E-state index contributed by atoms with van der Waals surface area (Å²) in [7, 11) is 0. The van der Waals surface area contributed by atoms with Crippen LogP contribution in [-0.4, -0.2) is 35.0 Å². The summed E-state index contributed by atoms with van der Waals surface area (Å²) in [6.07, 6.45) is -0.0591. The summed E-state index contributed by atoms with van der Waals surface area (Å²) in [6.45, 7) is 8.79. The Kier molecular flexibility index (Phi) is 4.41. The molecule has 1 aliphatic heterocycles. The standard InChI is InChI=1S/C9H19N5S/c1-5-10-8-12-7(4)14(15)9(13-8)11-6(2)3/h6,9,11,15H,5H2,1-4H3,(H,10,13). The summed E-state index contributed by atoms with van der Waals surface area (Å²) in [6, 6.07) is 0.367. The maximum atomic E-state index is 4.36. The minimum atomic E-state index is -0.0591. The molecule has 2 N–H and O–H groups in total. The van der Waals surface area contributed by atoms with Crippen molar-refractivity contribution in [2.45, 2.75) is 40.0 Å². The largest absolute Gasteiger partial charge is 0.321 e. The Hall–Kier alpha value is -0.750. The van der Waals surface area contributed by atoms with Crippen molar-refractivity contribution in [3.05, 3.63) is 0 Å². The van der Waals surface area contributed by atoms with Crippen molar-refractivity contribution in [1.29, 1.82) is 0 Å². The molecular formula is C9H19N5S. The molecule has 1 aliphatic rings. The average Bonchev–Trinajstić information content (AvgIpc) is 2.13. The Balaban J connectivity index is 2.76. The summed E-state index contributed by atoms with van der Waals surface area (Å²) in [5, 5.41) is 6.49. The summed E-state index contributed by atoms with van der Waals surface area (Å²) < 4.78 is 1.76. The Labute approximate surface area is 96.6 Å². The van der Waals surface area contributed by atoms with Crippen LogP contribution in [0.2, 0.25) is 0 Å². The van der Waals surface area contributed by atoms with E-state index < -0.39 is 0 Å². The van der Waals surface area contributed by atoms with Crippen molar-refractivity contribution in [1.82, 2.24) is 14.9 Å². The number of aliphatic imine (C=N–C) groups is 2. The maximum absolute atomic E-state index is 4.36. The highest BCUT2D eigenvalue weighted by Gasteiger charge is 2.23. The molecule has 0 aliphatic carbocycles. The van der Waals surface area contributed by atoms with Gasteiger partial charge in [-0.15, -0.1) is 0 Å². The topological polar surface area (TPSA) is 52.0 Å². The van der Waals surface area contributed by atoms with Gasteiger partial charge in [-0.2, -0.15) is 4.99 Å². The van der Waals surface area contributed by atoms with Crippen LogP contribution in [0.5, 0.6) is 0 Å². The number of guanidine groups is 1. The molecule has 0 fully saturated rings. The molecule has 1 atom stereocenters. The number of hydrogen-bond acceptors (Lipinski definition) is 4. The van der Waals surface area contributed by atoms with Gasteiger partial charge in [-0.25, -0.2) is 0 Å². The Morgan fingerprint density at radius 1 is 1.67 bits per heavy atom. The minimum absolute atomic E-state index is 0.0591. The molecule has 0 amide bonds. The predicted octanol–water partition coefficient (Wildman–Crippen LogP) is 0.812. The molecule has 15 heavy (non-hydrogen) atoms. The van der Waals surface area contributed by atoms with E-state index in [-0.39, 0.29) is 6.29 Å². The second-order valence-electron chi connectivity index (χ2n) is 3.67. The van der Waals surface area contributed by atoms with Gasteiger partial charge in [0.2, 0.25) is 5.96 Å². The van der Waals surface area contributed by atoms with E-state index in [2.05, 4.69) is 47.3 Å². The molecule has 86 valence electrons. The zero-order valence-electron chi connectivity index (χ0n) is 9.65. The summed E-state index contributed by atoms with van der Waals surface area (Å²) in [4.78, 5) is 8.52. The number of nitrogens with one attached hydrogen (secondary N) is 2. The molecule has 5 nitrogen and oxygen atoms in total. The molecule has 1 heterocycles. The minimum Gasteiger partial charge on any atom is -0.321 e. The van der Waals surface area contributed by atoms with Crippen LogP contribution in [0.1, 0.15) is 27.7 Å². The summed E-state index contributed by atoms with van der Waals surface area (Å²) in [5.41, 5.74) is 0. The smallest absolute Gasteiger partial charge is 0.222 e. The maximum Gasteiger partial charge on any atom is 0.222 e. The molecule has 1 rings (SSSR count). The van der Waals surface area contributed by atoms with Crippen LogP contribution < -0.4 is 10.6 Å². The molecule has 0 spiro atoms. The Bertz CT molecular complexity index is 274. The van der Waals surface area contributed by atoms with Gasteiger partial charge in [-0.1, -0.05) is 12.8 Å². The van der Waals surface area contributed by atoms with Crippen molar-refractivity contribution in [3.8, 4) is 0 Å². The third-order valence-corrected chi connectivity index (χ3v) is 2.43. The van der Waals surface area contributed by atoms with Crippen molar-refractivity contribution in [2.24, 2.45) is 9.98 Å². The highest BCUT2D eigenvalue weighted by atomic mass is 32.1. The number of hydrogen-bond donors (Lipinski definition) is 3. The lowest BCUT2D eigenvalue weighted by atomic mass is 10.4. The van der Waals surface area contributed by atoms with Crippen LogP contribution in [0.15, 0.2) is 9.98 Å². The molecule has 0 radical (unpaired) electrons. The van der Waals surface area contributed by atoms with E-state index in [1.165, 1.54) is 0 Å². The zero-order valence-corrected chi connectivity index (χ0v) is 10.5. The van der Waals surface area contributed by atoms with Crippen molar-refractivity contribution < 1.29 is 0 Å². The molecular weight excluding hydrogens is 210 g/mol. The third kappa shape index (κ3) is 3.39. The van der Waals surface area contributed by atoms with E-state index in [9.17, 15) is 0 Å². The van der Waals surface area contributed by atoms with Crippen molar-refractivity contribution >= 4 is 24.6 Å². The van der Waals surface area contributed by atoms with Gasteiger partial charge in [0, 0.05) is 12.6 Å². The highest BCUT2D eigenvalue weighted by Crippen LogP contribution is 2.06. The second kappa shape index (κ2) is 5.37. The Morgan fingerprint density at radius 2 is 2.33 bits per heavy atom. The van der Waals surface area contributed by atoms with Crippen LogP contribution in [0, 0.1) is 0 Å². The number of thiol groups is 1. The van der Waals surface area contributed by atoms with E-state index >= 15 is 0 Å². The fraction of sp³-hybridized carbons (Fsp3) is 0.778. The predicted molar refractivity (Wildman–Crippen MR) is 67.1 cm³/mol. The lowest BCUT2D eigenvalue weighted by Gasteiger charge is -2.34. The third-order valence-electron chi connectivity index (χ3n) is 1.91. The first-order chi connectivity index (χ1) is 7.04. The van der Waals surface area contributed by atoms with Gasteiger partial charge in [0.25, 0.3) is 0 Å². The number of nitrogens with zero attached hydrogens (tertiary/aromatic N) is 3. The SMILES string of the molecule is CCN=C1N=C(C)N(S)C(NC(C)C)N1. The van der Waals surface area contributed by atoms with E-state index in [1.807, 2.05) is 13.8 Å². The average molecular weight is 229 g/mol. The molecule has 0 aromatic heterocycles. The van der Waals surface area contributed by atoms with E-state index in [1.54, 1.807) is 4.31 Å². The number of rotatable bonds is 3. The first-order valence-electron chi connectivity index (χ1n) is 5.15. The lowest BCUT2D eigenvalue weighted by molar-refractivity contribution is 0.330. The summed E-state index contributed by atoms with van der Waals surface area (Å²) >= 11 is 4.36. The number of amidine groups is 1. The molecule has 0 saturated heterocycles. The normalized spacial score (nSPS) is 24.4. The van der Waals surface area contributed by atoms with Crippen LogP contribution in [-0.2, 0) is 0 Å². The second-order valence-corrected chi connectivity index (χ2v) is 4.10. The van der Waals surface area contributed by atoms with Gasteiger partial charge in [0.15, 0.2) is 6.29 Å². The quantitative estimate of drug-likeness (QED) is 0.628. The van der Waals surface area contributed by atoms with Gasteiger partial charge in [-0.05, 0) is 27.7 Å². The van der Waals surface area contributed by atoms with Crippen LogP contribution in [0.25, 0.3) is 0 Å². The van der Waals surface area contributed by atoms with Gasteiger partial charge >= 0.3 is 0 Å².